The normalized spacial score (nSPS) is 12.5. The first-order valence-corrected chi connectivity index (χ1v) is 6.52. The number of benzene rings is 2. The van der Waals surface area contributed by atoms with Gasteiger partial charge in [-0.1, -0.05) is 17.3 Å². The van der Waals surface area contributed by atoms with Crippen molar-refractivity contribution in [3.63, 3.8) is 0 Å². The van der Waals surface area contributed by atoms with Crippen LogP contribution in [0.5, 0.6) is 0 Å². The molecule has 2 aromatic carbocycles. The van der Waals surface area contributed by atoms with Crippen LogP contribution in [0.4, 0.5) is 8.78 Å². The van der Waals surface area contributed by atoms with Crippen LogP contribution < -0.4 is 5.56 Å². The fraction of sp³-hybridized carbons (Fsp3) is 0.133. The number of aliphatic hydroxyl groups is 1. The minimum absolute atomic E-state index is 0.234. The highest BCUT2D eigenvalue weighted by Crippen LogP contribution is 2.19. The number of nitrogens with zero attached hydrogens (tertiary/aromatic N) is 3. The molecule has 3 rings (SSSR count). The number of aliphatic hydroxyl groups excluding tert-OH is 1. The summed E-state index contributed by atoms with van der Waals surface area (Å²) >= 11 is 0. The molecule has 0 saturated carbocycles. The van der Waals surface area contributed by atoms with Gasteiger partial charge in [0.05, 0.1) is 11.9 Å². The van der Waals surface area contributed by atoms with Gasteiger partial charge >= 0.3 is 0 Å². The van der Waals surface area contributed by atoms with Gasteiger partial charge in [0, 0.05) is 5.56 Å². The van der Waals surface area contributed by atoms with Crippen LogP contribution in [-0.2, 0) is 6.54 Å². The third-order valence-electron chi connectivity index (χ3n) is 3.29. The van der Waals surface area contributed by atoms with Crippen molar-refractivity contribution < 1.29 is 13.9 Å². The summed E-state index contributed by atoms with van der Waals surface area (Å²) in [6.45, 7) is -0.322. The molecule has 5 nitrogen and oxygen atoms in total. The Morgan fingerprint density at radius 1 is 1.18 bits per heavy atom. The summed E-state index contributed by atoms with van der Waals surface area (Å²) in [5, 5.41) is 17.9. The topological polar surface area (TPSA) is 68.0 Å². The highest BCUT2D eigenvalue weighted by Gasteiger charge is 2.16. The predicted molar refractivity (Wildman–Crippen MR) is 75.1 cm³/mol. The van der Waals surface area contributed by atoms with E-state index in [1.165, 1.54) is 0 Å². The zero-order valence-corrected chi connectivity index (χ0v) is 11.3. The van der Waals surface area contributed by atoms with Crippen molar-refractivity contribution in [3.8, 4) is 0 Å². The van der Waals surface area contributed by atoms with Gasteiger partial charge in [-0.05, 0) is 30.3 Å². The third kappa shape index (κ3) is 2.58. The van der Waals surface area contributed by atoms with Gasteiger partial charge in [-0.3, -0.25) is 4.79 Å². The molecule has 0 aliphatic heterocycles. The van der Waals surface area contributed by atoms with E-state index in [9.17, 15) is 18.7 Å². The molecule has 7 heteroatoms. The van der Waals surface area contributed by atoms with Crippen molar-refractivity contribution in [2.24, 2.45) is 0 Å². The van der Waals surface area contributed by atoms with Crippen LogP contribution in [0.15, 0.2) is 47.3 Å². The van der Waals surface area contributed by atoms with Crippen molar-refractivity contribution in [2.75, 3.05) is 0 Å². The number of hydrogen-bond donors (Lipinski definition) is 1. The Morgan fingerprint density at radius 2 is 1.95 bits per heavy atom. The van der Waals surface area contributed by atoms with E-state index in [0.29, 0.717) is 10.9 Å². The first kappa shape index (κ1) is 14.3. The maximum atomic E-state index is 13.6. The molecular formula is C15H11F2N3O2. The van der Waals surface area contributed by atoms with E-state index in [2.05, 4.69) is 10.3 Å². The molecule has 3 aromatic rings. The van der Waals surface area contributed by atoms with Gasteiger partial charge < -0.3 is 5.11 Å². The lowest BCUT2D eigenvalue weighted by Crippen LogP contribution is -2.27. The highest BCUT2D eigenvalue weighted by atomic mass is 19.1. The van der Waals surface area contributed by atoms with E-state index >= 15 is 0 Å². The van der Waals surface area contributed by atoms with E-state index in [4.69, 9.17) is 0 Å². The standard InChI is InChI=1S/C15H11F2N3O2/c16-9-5-6-12(17)11(7-9)14(21)8-20-15(22)10-3-1-2-4-13(10)18-19-20/h1-7,14,21H,8H2/t14-/m0/s1. The molecule has 0 saturated heterocycles. The van der Waals surface area contributed by atoms with Crippen LogP contribution in [0.3, 0.4) is 0 Å². The second kappa shape index (κ2) is 5.61. The van der Waals surface area contributed by atoms with Crippen LogP contribution >= 0.6 is 0 Å². The number of aromatic nitrogens is 3. The molecule has 0 unspecified atom stereocenters. The van der Waals surface area contributed by atoms with Crippen molar-refractivity contribution in [1.29, 1.82) is 0 Å². The number of fused-ring (bicyclic) bond motifs is 1. The van der Waals surface area contributed by atoms with E-state index < -0.39 is 23.3 Å². The summed E-state index contributed by atoms with van der Waals surface area (Å²) in [6.07, 6.45) is -1.41. The zero-order chi connectivity index (χ0) is 15.7. The molecule has 22 heavy (non-hydrogen) atoms. The van der Waals surface area contributed by atoms with E-state index in [1.807, 2.05) is 0 Å². The third-order valence-corrected chi connectivity index (χ3v) is 3.29. The summed E-state index contributed by atoms with van der Waals surface area (Å²) in [5.41, 5.74) is -0.265. The van der Waals surface area contributed by atoms with E-state index in [-0.39, 0.29) is 12.1 Å². The molecule has 1 heterocycles. The molecule has 0 amide bonds. The van der Waals surface area contributed by atoms with Crippen LogP contribution in [-0.4, -0.2) is 20.1 Å². The minimum atomic E-state index is -1.41. The predicted octanol–water partition coefficient (Wildman–Crippen LogP) is 1.80. The molecule has 112 valence electrons. The van der Waals surface area contributed by atoms with Crippen LogP contribution in [0.25, 0.3) is 10.9 Å². The van der Waals surface area contributed by atoms with Crippen molar-refractivity contribution in [3.05, 3.63) is 70.0 Å². The van der Waals surface area contributed by atoms with Gasteiger partial charge in [-0.2, -0.15) is 0 Å². The molecule has 0 radical (unpaired) electrons. The van der Waals surface area contributed by atoms with Gasteiger partial charge in [-0.25, -0.2) is 13.5 Å². The van der Waals surface area contributed by atoms with E-state index in [1.54, 1.807) is 24.3 Å². The maximum Gasteiger partial charge on any atom is 0.277 e. The largest absolute Gasteiger partial charge is 0.386 e. The molecule has 0 bridgehead atoms. The highest BCUT2D eigenvalue weighted by molar-refractivity contribution is 5.76. The monoisotopic (exact) mass is 303 g/mol. The summed E-state index contributed by atoms with van der Waals surface area (Å²) < 4.78 is 27.7. The quantitative estimate of drug-likeness (QED) is 0.801. The van der Waals surface area contributed by atoms with E-state index in [0.717, 1.165) is 22.9 Å². The van der Waals surface area contributed by atoms with Crippen molar-refractivity contribution in [1.82, 2.24) is 15.0 Å². The molecule has 0 aliphatic carbocycles. The van der Waals surface area contributed by atoms with Crippen molar-refractivity contribution in [2.45, 2.75) is 12.6 Å². The van der Waals surface area contributed by atoms with Crippen LogP contribution in [0.1, 0.15) is 11.7 Å². The Hall–Kier alpha value is -2.67. The summed E-state index contributed by atoms with van der Waals surface area (Å²) in [6, 6.07) is 9.38. The summed E-state index contributed by atoms with van der Waals surface area (Å²) in [4.78, 5) is 12.2. The zero-order valence-electron chi connectivity index (χ0n) is 11.3. The average Bonchev–Trinajstić information content (AvgIpc) is 2.52. The number of hydrogen-bond acceptors (Lipinski definition) is 4. The second-order valence-electron chi connectivity index (χ2n) is 4.78. The Labute approximate surface area is 123 Å². The first-order valence-electron chi connectivity index (χ1n) is 6.52. The Morgan fingerprint density at radius 3 is 2.77 bits per heavy atom. The maximum absolute atomic E-state index is 13.6. The van der Waals surface area contributed by atoms with Crippen LogP contribution in [0.2, 0.25) is 0 Å². The SMILES string of the molecule is O=c1c2ccccc2nnn1C[C@H](O)c1cc(F)ccc1F. The fourth-order valence-electron chi connectivity index (χ4n) is 2.18. The Balaban J connectivity index is 1.97. The molecule has 0 fully saturated rings. The Bertz CT molecular complexity index is 895. The van der Waals surface area contributed by atoms with Gasteiger partial charge in [-0.15, -0.1) is 5.10 Å². The number of halogens is 2. The lowest BCUT2D eigenvalue weighted by Gasteiger charge is -2.13. The lowest BCUT2D eigenvalue weighted by molar-refractivity contribution is 0.143. The molecular weight excluding hydrogens is 292 g/mol. The number of rotatable bonds is 3. The lowest BCUT2D eigenvalue weighted by atomic mass is 10.1. The summed E-state index contributed by atoms with van der Waals surface area (Å²) in [5.74, 6) is -1.43. The minimum Gasteiger partial charge on any atom is -0.386 e. The summed E-state index contributed by atoms with van der Waals surface area (Å²) in [7, 11) is 0. The molecule has 1 aromatic heterocycles. The Kier molecular flexibility index (Phi) is 3.64. The molecule has 0 spiro atoms. The van der Waals surface area contributed by atoms with Gasteiger partial charge in [0.2, 0.25) is 0 Å². The van der Waals surface area contributed by atoms with Crippen molar-refractivity contribution >= 4 is 10.9 Å². The fourth-order valence-corrected chi connectivity index (χ4v) is 2.18. The van der Waals surface area contributed by atoms with Crippen LogP contribution in [0, 0.1) is 11.6 Å². The molecule has 1 atom stereocenters. The van der Waals surface area contributed by atoms with Gasteiger partial charge in [0.25, 0.3) is 5.56 Å². The van der Waals surface area contributed by atoms with Gasteiger partial charge in [0.1, 0.15) is 23.3 Å². The molecule has 1 N–H and O–H groups in total. The van der Waals surface area contributed by atoms with Gasteiger partial charge in [0.15, 0.2) is 0 Å². The second-order valence-corrected chi connectivity index (χ2v) is 4.78. The first-order chi connectivity index (χ1) is 10.6. The average molecular weight is 303 g/mol. The molecule has 0 aliphatic rings. The smallest absolute Gasteiger partial charge is 0.277 e.